The molecule has 5 heteroatoms. The van der Waals surface area contributed by atoms with Crippen molar-refractivity contribution in [3.8, 4) is 0 Å². The van der Waals surface area contributed by atoms with Gasteiger partial charge in [-0.05, 0) is 12.1 Å². The minimum atomic E-state index is -1.11. The normalized spacial score (nSPS) is 10.2. The maximum atomic E-state index is 12.6. The molecule has 13 heavy (non-hydrogen) atoms. The Morgan fingerprint density at radius 1 is 1.31 bits per heavy atom. The second-order valence-electron chi connectivity index (χ2n) is 2.30. The fourth-order valence-corrected chi connectivity index (χ4v) is 1.21. The zero-order valence-corrected chi connectivity index (χ0v) is 7.79. The third-order valence-corrected chi connectivity index (χ3v) is 1.99. The topological polar surface area (TPSA) is 17.1 Å². The van der Waals surface area contributed by atoms with E-state index in [2.05, 4.69) is 0 Å². The van der Waals surface area contributed by atoms with Crippen LogP contribution in [0.5, 0.6) is 0 Å². The van der Waals surface area contributed by atoms with Gasteiger partial charge in [0.05, 0.1) is 10.9 Å². The van der Waals surface area contributed by atoms with Gasteiger partial charge in [0, 0.05) is 5.56 Å². The van der Waals surface area contributed by atoms with Gasteiger partial charge in [-0.2, -0.15) is 0 Å². The summed E-state index contributed by atoms with van der Waals surface area (Å²) in [6, 6.07) is 1.49. The molecule has 0 aliphatic rings. The molecule has 1 nitrogen and oxygen atoms in total. The van der Waals surface area contributed by atoms with Gasteiger partial charge in [0.15, 0.2) is 17.4 Å². The van der Waals surface area contributed by atoms with Crippen molar-refractivity contribution in [1.82, 2.24) is 0 Å². The summed E-state index contributed by atoms with van der Waals surface area (Å²) < 4.78 is 25.2. The number of benzene rings is 1. The predicted molar refractivity (Wildman–Crippen MR) is 46.4 cm³/mol. The number of carbonyl (C=O) groups excluding carboxylic acids is 1. The van der Waals surface area contributed by atoms with Crippen LogP contribution in [0.2, 0.25) is 5.02 Å². The number of hydrogen-bond acceptors (Lipinski definition) is 1. The lowest BCUT2D eigenvalue weighted by atomic mass is 10.1. The molecule has 0 aliphatic carbocycles. The molecule has 0 spiro atoms. The highest BCUT2D eigenvalue weighted by Crippen LogP contribution is 2.20. The van der Waals surface area contributed by atoms with Gasteiger partial charge in [-0.15, -0.1) is 11.6 Å². The molecule has 0 heterocycles. The molecule has 0 aliphatic heterocycles. The number of carbonyl (C=O) groups is 1. The Morgan fingerprint density at radius 3 is 2.38 bits per heavy atom. The highest BCUT2D eigenvalue weighted by atomic mass is 35.5. The molecule has 0 bridgehead atoms. The molecule has 0 saturated heterocycles. The summed E-state index contributed by atoms with van der Waals surface area (Å²) in [6.45, 7) is 0. The second kappa shape index (κ2) is 4.03. The molecule has 1 rings (SSSR count). The first-order chi connectivity index (χ1) is 6.06. The van der Waals surface area contributed by atoms with Gasteiger partial charge in [0.2, 0.25) is 0 Å². The Morgan fingerprint density at radius 2 is 1.85 bits per heavy atom. The highest BCUT2D eigenvalue weighted by Gasteiger charge is 2.13. The van der Waals surface area contributed by atoms with Gasteiger partial charge in [0.25, 0.3) is 0 Å². The summed E-state index contributed by atoms with van der Waals surface area (Å²) in [4.78, 5) is 11.0. The van der Waals surface area contributed by atoms with Crippen LogP contribution in [0.3, 0.4) is 0 Å². The predicted octanol–water partition coefficient (Wildman–Crippen LogP) is 3.04. The first-order valence-electron chi connectivity index (χ1n) is 3.30. The van der Waals surface area contributed by atoms with Crippen molar-refractivity contribution >= 4 is 29.0 Å². The molecule has 70 valence electrons. The summed E-state index contributed by atoms with van der Waals surface area (Å²) in [7, 11) is 0. The monoisotopic (exact) mass is 224 g/mol. The molecule has 0 fully saturated rings. The summed E-state index contributed by atoms with van der Waals surface area (Å²) in [5, 5.41) is -0.135. The van der Waals surface area contributed by atoms with E-state index < -0.39 is 17.4 Å². The van der Waals surface area contributed by atoms with Crippen LogP contribution < -0.4 is 0 Å². The zero-order chi connectivity index (χ0) is 10.0. The van der Waals surface area contributed by atoms with Crippen LogP contribution in [0, 0.1) is 11.6 Å². The van der Waals surface area contributed by atoms with E-state index in [0.29, 0.717) is 0 Å². The van der Waals surface area contributed by atoms with E-state index in [1.807, 2.05) is 0 Å². The van der Waals surface area contributed by atoms with Gasteiger partial charge in [-0.1, -0.05) is 11.6 Å². The minimum Gasteiger partial charge on any atom is -0.293 e. The zero-order valence-electron chi connectivity index (χ0n) is 6.28. The summed E-state index contributed by atoms with van der Waals surface area (Å²) in [6.07, 6.45) is 0. The van der Waals surface area contributed by atoms with Gasteiger partial charge >= 0.3 is 0 Å². The van der Waals surface area contributed by atoms with Crippen LogP contribution in [-0.4, -0.2) is 11.7 Å². The molecule has 0 unspecified atom stereocenters. The summed E-state index contributed by atoms with van der Waals surface area (Å²) >= 11 is 10.7. The summed E-state index contributed by atoms with van der Waals surface area (Å²) in [5.74, 6) is -3.05. The smallest absolute Gasteiger partial charge is 0.179 e. The van der Waals surface area contributed by atoms with Crippen molar-refractivity contribution in [2.45, 2.75) is 0 Å². The third kappa shape index (κ3) is 2.17. The van der Waals surface area contributed by atoms with Crippen molar-refractivity contribution in [2.24, 2.45) is 0 Å². The molecule has 0 aromatic heterocycles. The molecule has 1 aromatic rings. The standard InChI is InChI=1S/C8H4Cl2F2O/c9-3-8(13)4-1-6(11)7(12)2-5(4)10/h1-2H,3H2. The Kier molecular flexibility index (Phi) is 3.22. The number of Topliss-reactive ketones (excluding diaryl/α,β-unsaturated/α-hetero) is 1. The molecular formula is C8H4Cl2F2O. The number of alkyl halides is 1. The van der Waals surface area contributed by atoms with Crippen molar-refractivity contribution in [1.29, 1.82) is 0 Å². The van der Waals surface area contributed by atoms with Crippen molar-refractivity contribution in [3.63, 3.8) is 0 Å². The third-order valence-electron chi connectivity index (χ3n) is 1.43. The Hall–Kier alpha value is -0.670. The molecule has 1 aromatic carbocycles. The quantitative estimate of drug-likeness (QED) is 0.429. The number of halogens is 4. The average molecular weight is 225 g/mol. The fourth-order valence-electron chi connectivity index (χ4n) is 0.808. The van der Waals surface area contributed by atoms with E-state index in [1.165, 1.54) is 0 Å². The van der Waals surface area contributed by atoms with Crippen LogP contribution in [0.1, 0.15) is 10.4 Å². The summed E-state index contributed by atoms with van der Waals surface area (Å²) in [5.41, 5.74) is -0.101. The van der Waals surface area contributed by atoms with Crippen molar-refractivity contribution < 1.29 is 13.6 Å². The first-order valence-corrected chi connectivity index (χ1v) is 4.21. The van der Waals surface area contributed by atoms with Gasteiger partial charge in [0.1, 0.15) is 0 Å². The molecule has 0 saturated carbocycles. The number of hydrogen-bond donors (Lipinski definition) is 0. The highest BCUT2D eigenvalue weighted by molar-refractivity contribution is 6.37. The van der Waals surface area contributed by atoms with E-state index in [0.717, 1.165) is 12.1 Å². The maximum Gasteiger partial charge on any atom is 0.179 e. The maximum absolute atomic E-state index is 12.6. The number of rotatable bonds is 2. The molecule has 0 N–H and O–H groups in total. The van der Waals surface area contributed by atoms with E-state index in [-0.39, 0.29) is 16.5 Å². The van der Waals surface area contributed by atoms with Gasteiger partial charge in [-0.3, -0.25) is 4.79 Å². The minimum absolute atomic E-state index is 0.101. The van der Waals surface area contributed by atoms with E-state index in [9.17, 15) is 13.6 Å². The second-order valence-corrected chi connectivity index (χ2v) is 2.98. The van der Waals surface area contributed by atoms with E-state index >= 15 is 0 Å². The molecule has 0 radical (unpaired) electrons. The van der Waals surface area contributed by atoms with Crippen LogP contribution in [-0.2, 0) is 0 Å². The van der Waals surface area contributed by atoms with Crippen molar-refractivity contribution in [2.75, 3.05) is 5.88 Å². The molecule has 0 amide bonds. The van der Waals surface area contributed by atoms with Gasteiger partial charge in [-0.25, -0.2) is 8.78 Å². The average Bonchev–Trinajstić information content (AvgIpc) is 2.10. The Bertz CT molecular complexity index is 352. The lowest BCUT2D eigenvalue weighted by Gasteiger charge is -2.01. The Balaban J connectivity index is 3.23. The van der Waals surface area contributed by atoms with Crippen LogP contribution >= 0.6 is 23.2 Å². The molecule has 0 atom stereocenters. The van der Waals surface area contributed by atoms with E-state index in [1.54, 1.807) is 0 Å². The van der Waals surface area contributed by atoms with Crippen LogP contribution in [0.15, 0.2) is 12.1 Å². The largest absolute Gasteiger partial charge is 0.293 e. The fraction of sp³-hybridized carbons (Fsp3) is 0.125. The lowest BCUT2D eigenvalue weighted by Crippen LogP contribution is -2.03. The van der Waals surface area contributed by atoms with Gasteiger partial charge < -0.3 is 0 Å². The Labute approximate surface area is 83.3 Å². The first kappa shape index (κ1) is 10.4. The van der Waals surface area contributed by atoms with Crippen LogP contribution in [0.25, 0.3) is 0 Å². The number of ketones is 1. The lowest BCUT2D eigenvalue weighted by molar-refractivity contribution is 0.102. The molecular weight excluding hydrogens is 221 g/mol. The van der Waals surface area contributed by atoms with E-state index in [4.69, 9.17) is 23.2 Å². The van der Waals surface area contributed by atoms with Crippen LogP contribution in [0.4, 0.5) is 8.78 Å². The SMILES string of the molecule is O=C(CCl)c1cc(F)c(F)cc1Cl. The van der Waals surface area contributed by atoms with Crippen molar-refractivity contribution in [3.05, 3.63) is 34.4 Å².